The van der Waals surface area contributed by atoms with Gasteiger partial charge in [-0.25, -0.2) is 4.79 Å². The summed E-state index contributed by atoms with van der Waals surface area (Å²) in [6.45, 7) is -0.463. The van der Waals surface area contributed by atoms with Crippen LogP contribution in [0.25, 0.3) is 0 Å². The minimum atomic E-state index is -4.50. The van der Waals surface area contributed by atoms with Crippen LogP contribution in [0.4, 0.5) is 13.2 Å². The molecule has 3 N–H and O–H groups in total. The van der Waals surface area contributed by atoms with Crippen LogP contribution in [-0.2, 0) is 15.8 Å². The van der Waals surface area contributed by atoms with Crippen LogP contribution in [0.1, 0.15) is 28.8 Å². The van der Waals surface area contributed by atoms with Gasteiger partial charge in [-0.05, 0) is 37.1 Å². The summed E-state index contributed by atoms with van der Waals surface area (Å²) in [5.41, 5.74) is -2.18. The number of aliphatic carboxylic acids is 1. The van der Waals surface area contributed by atoms with Crippen LogP contribution in [0, 0.1) is 0 Å². The minimum absolute atomic E-state index is 0.0369. The third kappa shape index (κ3) is 3.99. The van der Waals surface area contributed by atoms with Crippen molar-refractivity contribution in [3.05, 3.63) is 35.4 Å². The molecule has 124 valence electrons. The van der Waals surface area contributed by atoms with Crippen molar-refractivity contribution in [2.45, 2.75) is 24.6 Å². The molecule has 0 unspecified atom stereocenters. The number of rotatable bonds is 5. The molecule has 0 atom stereocenters. The molecule has 1 aliphatic rings. The predicted molar refractivity (Wildman–Crippen MR) is 71.5 cm³/mol. The SMILES string of the molecule is O=C(CNC(=O)c1ccc(C(F)(F)F)cc1)NC1(C(=O)O)CC1. The number of carboxylic acid groups (broad SMARTS) is 1. The molecule has 1 aromatic rings. The first-order valence-electron chi connectivity index (χ1n) is 6.64. The quantitative estimate of drug-likeness (QED) is 0.755. The van der Waals surface area contributed by atoms with Gasteiger partial charge >= 0.3 is 12.1 Å². The van der Waals surface area contributed by atoms with E-state index in [0.29, 0.717) is 12.8 Å². The molecule has 0 aromatic heterocycles. The van der Waals surface area contributed by atoms with Crippen molar-refractivity contribution < 1.29 is 32.7 Å². The highest BCUT2D eigenvalue weighted by atomic mass is 19.4. The molecule has 0 radical (unpaired) electrons. The maximum absolute atomic E-state index is 12.4. The van der Waals surface area contributed by atoms with Crippen molar-refractivity contribution in [1.82, 2.24) is 10.6 Å². The van der Waals surface area contributed by atoms with Gasteiger partial charge in [-0.2, -0.15) is 13.2 Å². The number of carbonyl (C=O) groups excluding carboxylic acids is 2. The van der Waals surface area contributed by atoms with E-state index >= 15 is 0 Å². The fourth-order valence-electron chi connectivity index (χ4n) is 1.90. The molecule has 0 saturated heterocycles. The summed E-state index contributed by atoms with van der Waals surface area (Å²) in [5, 5.41) is 13.4. The van der Waals surface area contributed by atoms with Gasteiger partial charge in [0.2, 0.25) is 5.91 Å². The van der Waals surface area contributed by atoms with Crippen molar-refractivity contribution in [3.8, 4) is 0 Å². The van der Waals surface area contributed by atoms with E-state index in [1.807, 2.05) is 0 Å². The van der Waals surface area contributed by atoms with Gasteiger partial charge in [-0.15, -0.1) is 0 Å². The van der Waals surface area contributed by atoms with Gasteiger partial charge in [-0.1, -0.05) is 0 Å². The van der Waals surface area contributed by atoms with Gasteiger partial charge in [0.05, 0.1) is 12.1 Å². The molecule has 0 aliphatic heterocycles. The zero-order valence-electron chi connectivity index (χ0n) is 11.7. The van der Waals surface area contributed by atoms with E-state index in [-0.39, 0.29) is 5.56 Å². The van der Waals surface area contributed by atoms with Crippen molar-refractivity contribution in [1.29, 1.82) is 0 Å². The Morgan fingerprint density at radius 3 is 2.13 bits per heavy atom. The molecular formula is C14H13F3N2O4. The van der Waals surface area contributed by atoms with E-state index in [1.54, 1.807) is 0 Å². The molecule has 2 rings (SSSR count). The molecular weight excluding hydrogens is 317 g/mol. The lowest BCUT2D eigenvalue weighted by Gasteiger charge is -2.13. The average Bonchev–Trinajstić information content (AvgIpc) is 3.25. The van der Waals surface area contributed by atoms with Crippen LogP contribution >= 0.6 is 0 Å². The van der Waals surface area contributed by atoms with Gasteiger partial charge < -0.3 is 15.7 Å². The van der Waals surface area contributed by atoms with Gasteiger partial charge in [-0.3, -0.25) is 9.59 Å². The smallest absolute Gasteiger partial charge is 0.416 e. The molecule has 0 bridgehead atoms. The number of amides is 2. The summed E-state index contributed by atoms with van der Waals surface area (Å²) < 4.78 is 37.2. The second kappa shape index (κ2) is 5.90. The van der Waals surface area contributed by atoms with Crippen LogP contribution in [0.3, 0.4) is 0 Å². The maximum atomic E-state index is 12.4. The Balaban J connectivity index is 1.87. The van der Waals surface area contributed by atoms with E-state index in [4.69, 9.17) is 5.11 Å². The highest BCUT2D eigenvalue weighted by Gasteiger charge is 2.51. The molecule has 1 aromatic carbocycles. The predicted octanol–water partition coefficient (Wildman–Crippen LogP) is 1.17. The van der Waals surface area contributed by atoms with E-state index in [2.05, 4.69) is 10.6 Å². The zero-order valence-corrected chi connectivity index (χ0v) is 11.7. The summed E-state index contributed by atoms with van der Waals surface area (Å²) in [5.74, 6) is -2.54. The lowest BCUT2D eigenvalue weighted by molar-refractivity contribution is -0.143. The van der Waals surface area contributed by atoms with E-state index in [0.717, 1.165) is 24.3 Å². The van der Waals surface area contributed by atoms with Crippen LogP contribution in [0.2, 0.25) is 0 Å². The number of hydrogen-bond donors (Lipinski definition) is 3. The molecule has 1 fully saturated rings. The molecule has 2 amide bonds. The Labute approximate surface area is 128 Å². The fourth-order valence-corrected chi connectivity index (χ4v) is 1.90. The highest BCUT2D eigenvalue weighted by molar-refractivity contribution is 5.97. The molecule has 0 heterocycles. The third-order valence-electron chi connectivity index (χ3n) is 3.42. The number of benzene rings is 1. The molecule has 1 aliphatic carbocycles. The normalized spacial score (nSPS) is 15.6. The lowest BCUT2D eigenvalue weighted by Crippen LogP contribution is -2.47. The minimum Gasteiger partial charge on any atom is -0.480 e. The van der Waals surface area contributed by atoms with Crippen molar-refractivity contribution in [3.63, 3.8) is 0 Å². The summed E-state index contributed by atoms with van der Waals surface area (Å²) in [4.78, 5) is 34.2. The van der Waals surface area contributed by atoms with Gasteiger partial charge in [0.15, 0.2) is 0 Å². The van der Waals surface area contributed by atoms with E-state index in [1.165, 1.54) is 0 Å². The van der Waals surface area contributed by atoms with Gasteiger partial charge in [0.25, 0.3) is 5.91 Å². The first kappa shape index (κ1) is 16.8. The summed E-state index contributed by atoms with van der Waals surface area (Å²) in [6.07, 6.45) is -3.86. The van der Waals surface area contributed by atoms with Crippen molar-refractivity contribution in [2.24, 2.45) is 0 Å². The number of hydrogen-bond acceptors (Lipinski definition) is 3. The molecule has 0 spiro atoms. The second-order valence-electron chi connectivity index (χ2n) is 5.19. The Morgan fingerprint density at radius 1 is 1.13 bits per heavy atom. The third-order valence-corrected chi connectivity index (χ3v) is 3.42. The van der Waals surface area contributed by atoms with Gasteiger partial charge in [0, 0.05) is 5.56 Å². The first-order chi connectivity index (χ1) is 10.6. The van der Waals surface area contributed by atoms with Crippen LogP contribution in [0.15, 0.2) is 24.3 Å². The molecule has 9 heteroatoms. The number of nitrogens with one attached hydrogen (secondary N) is 2. The number of carboxylic acids is 1. The van der Waals surface area contributed by atoms with Crippen LogP contribution < -0.4 is 10.6 Å². The largest absolute Gasteiger partial charge is 0.480 e. The van der Waals surface area contributed by atoms with Crippen molar-refractivity contribution >= 4 is 17.8 Å². The summed E-state index contributed by atoms with van der Waals surface area (Å²) in [7, 11) is 0. The highest BCUT2D eigenvalue weighted by Crippen LogP contribution is 2.35. The van der Waals surface area contributed by atoms with Crippen molar-refractivity contribution in [2.75, 3.05) is 6.54 Å². The number of halogens is 3. The first-order valence-corrected chi connectivity index (χ1v) is 6.64. The lowest BCUT2D eigenvalue weighted by atomic mass is 10.1. The Morgan fingerprint density at radius 2 is 1.70 bits per heavy atom. The van der Waals surface area contributed by atoms with E-state index < -0.39 is 41.6 Å². The topological polar surface area (TPSA) is 95.5 Å². The Kier molecular flexibility index (Phi) is 4.31. The number of alkyl halides is 3. The summed E-state index contributed by atoms with van der Waals surface area (Å²) in [6, 6.07) is 3.52. The second-order valence-corrected chi connectivity index (χ2v) is 5.19. The molecule has 23 heavy (non-hydrogen) atoms. The standard InChI is InChI=1S/C14H13F3N2O4/c15-14(16,17)9-3-1-8(2-4-9)11(21)18-7-10(20)19-13(5-6-13)12(22)23/h1-4H,5-7H2,(H,18,21)(H,19,20)(H,22,23). The zero-order chi connectivity index (χ0) is 17.3. The van der Waals surface area contributed by atoms with Crippen LogP contribution in [0.5, 0.6) is 0 Å². The average molecular weight is 330 g/mol. The van der Waals surface area contributed by atoms with Crippen LogP contribution in [-0.4, -0.2) is 35.0 Å². The monoisotopic (exact) mass is 330 g/mol. The Bertz CT molecular complexity index is 636. The molecule has 1 saturated carbocycles. The summed E-state index contributed by atoms with van der Waals surface area (Å²) >= 11 is 0. The van der Waals surface area contributed by atoms with E-state index in [9.17, 15) is 27.6 Å². The molecule has 6 nitrogen and oxygen atoms in total. The maximum Gasteiger partial charge on any atom is 0.416 e. The number of carbonyl (C=O) groups is 3. The fraction of sp³-hybridized carbons (Fsp3) is 0.357. The Hall–Kier alpha value is -2.58. The van der Waals surface area contributed by atoms with Gasteiger partial charge in [0.1, 0.15) is 5.54 Å².